The van der Waals surface area contributed by atoms with Crippen LogP contribution in [-0.4, -0.2) is 5.97 Å². The van der Waals surface area contributed by atoms with Crippen LogP contribution in [0.5, 0.6) is 0 Å². The minimum Gasteiger partial charge on any atom is 0 e. The van der Waals surface area contributed by atoms with Crippen molar-refractivity contribution in [2.24, 2.45) is 40.9 Å². The largest absolute Gasteiger partial charge is 0 e. The second kappa shape index (κ2) is 10.8. The Bertz CT molecular complexity index is 984. The van der Waals surface area contributed by atoms with Crippen LogP contribution in [0.4, 0.5) is 0 Å². The molecule has 1 heterocycles. The first-order valence-corrected chi connectivity index (χ1v) is 9.94. The molecule has 6 rings (SSSR count). The van der Waals surface area contributed by atoms with Crippen LogP contribution in [0, 0.1) is 60.9 Å². The molecule has 0 bridgehead atoms. The number of fused-ring (bicyclic) bond motifs is 7. The maximum atomic E-state index is 13.2. The monoisotopic (exact) mass is 468 g/mol. The minimum absolute atomic E-state index is 0. The van der Waals surface area contributed by atoms with Gasteiger partial charge in [0.05, 0.1) is 5.41 Å². The number of hydrogen-bond donors (Lipinski definition) is 0. The second-order valence-corrected chi connectivity index (χ2v) is 7.97. The number of rotatable bonds is 0. The maximum absolute atomic E-state index is 13.2. The first-order valence-electron chi connectivity index (χ1n) is 9.94. The van der Waals surface area contributed by atoms with Crippen molar-refractivity contribution >= 4 is 5.97 Å². The summed E-state index contributed by atoms with van der Waals surface area (Å²) in [5.74, 6) is 2.73. The van der Waals surface area contributed by atoms with E-state index < -0.39 is 5.41 Å². The maximum Gasteiger partial charge on any atom is 0 e. The summed E-state index contributed by atoms with van der Waals surface area (Å²) in [5, 5.41) is 0. The van der Waals surface area contributed by atoms with Gasteiger partial charge in [-0.3, -0.25) is 4.79 Å². The molecule has 0 N–H and O–H groups in total. The van der Waals surface area contributed by atoms with Crippen LogP contribution in [0.2, 0.25) is 0 Å². The summed E-state index contributed by atoms with van der Waals surface area (Å²) in [7, 11) is 0. The SMILES string of the molecule is O=C1OC2=C3[C@@H](C=CC=C[C@@H]3[C@@H]3C=CC=CC[C@H]23)C12[C@@H]1C=CC=C[C@@H]12.[C-]#[O+].[C-]#[O+].[C-]#[O+].[Fe]. The Kier molecular flexibility index (Phi) is 8.66. The molecule has 0 aromatic carbocycles. The molecule has 5 nitrogen and oxygen atoms in total. The van der Waals surface area contributed by atoms with E-state index >= 15 is 0 Å². The Hall–Kier alpha value is -2.61. The standard InChI is InChI=1S/C23H20O2.3CO.Fe/c24-22-23(17-11-6-7-12-18(17)23)19-13-5-4-9-15-14-8-2-1-3-10-16(14)21(25-22)20(15)19;3*1-2;/h1-9,11-19H,10H2;;;;/t14-,15+,16-,17-,18+,19+,23?;;;;/m0..../s1. The summed E-state index contributed by atoms with van der Waals surface area (Å²) in [5.41, 5.74) is 0.961. The number of carbonyl (C=O) groups is 1. The van der Waals surface area contributed by atoms with Crippen molar-refractivity contribution < 1.29 is 40.6 Å². The van der Waals surface area contributed by atoms with Crippen LogP contribution >= 0.6 is 0 Å². The van der Waals surface area contributed by atoms with Gasteiger partial charge in [0, 0.05) is 46.7 Å². The van der Waals surface area contributed by atoms with Gasteiger partial charge in [0.25, 0.3) is 0 Å². The minimum atomic E-state index is -0.411. The van der Waals surface area contributed by atoms with E-state index in [0.29, 0.717) is 17.8 Å². The van der Waals surface area contributed by atoms with Gasteiger partial charge in [0.15, 0.2) is 0 Å². The van der Waals surface area contributed by atoms with Crippen molar-refractivity contribution in [1.29, 1.82) is 0 Å². The van der Waals surface area contributed by atoms with Crippen molar-refractivity contribution in [2.75, 3.05) is 0 Å². The van der Waals surface area contributed by atoms with E-state index in [1.807, 2.05) is 0 Å². The molecule has 1 fully saturated rings. The Morgan fingerprint density at radius 3 is 2.03 bits per heavy atom. The zero-order chi connectivity index (χ0) is 22.6. The number of allylic oxidation sites excluding steroid dienone is 14. The fraction of sp³-hybridized carbons (Fsp3) is 0.308. The fourth-order valence-corrected chi connectivity index (χ4v) is 6.02. The first kappa shape index (κ1) is 25.6. The third-order valence-corrected chi connectivity index (χ3v) is 7.10. The van der Waals surface area contributed by atoms with Crippen molar-refractivity contribution in [3.05, 3.63) is 104 Å². The van der Waals surface area contributed by atoms with Gasteiger partial charge in [-0.1, -0.05) is 72.9 Å². The molecule has 0 aromatic rings. The van der Waals surface area contributed by atoms with E-state index in [4.69, 9.17) is 18.7 Å². The van der Waals surface area contributed by atoms with Gasteiger partial charge >= 0.3 is 39.9 Å². The summed E-state index contributed by atoms with van der Waals surface area (Å²) >= 11 is 0. The van der Waals surface area contributed by atoms with Crippen LogP contribution in [0.1, 0.15) is 6.42 Å². The molecule has 0 amide bonds. The Morgan fingerprint density at radius 1 is 0.812 bits per heavy atom. The normalized spacial score (nSPS) is 37.1. The van der Waals surface area contributed by atoms with Gasteiger partial charge in [0.2, 0.25) is 0 Å². The summed E-state index contributed by atoms with van der Waals surface area (Å²) in [6, 6.07) is 0. The molecule has 5 aliphatic carbocycles. The molecule has 0 aromatic heterocycles. The third kappa shape index (κ3) is 3.54. The predicted octanol–water partition coefficient (Wildman–Crippen LogP) is 4.16. The average Bonchev–Trinajstić information content (AvgIpc) is 3.54. The Balaban J connectivity index is 0.000000482. The smallest absolute Gasteiger partial charge is 0 e. The average molecular weight is 468 g/mol. The van der Waals surface area contributed by atoms with Crippen LogP contribution < -0.4 is 0 Å². The van der Waals surface area contributed by atoms with Gasteiger partial charge in [-0.05, 0) is 17.9 Å². The number of esters is 1. The van der Waals surface area contributed by atoms with E-state index in [0.717, 1.165) is 12.2 Å². The molecule has 32 heavy (non-hydrogen) atoms. The topological polar surface area (TPSA) is 86.0 Å². The van der Waals surface area contributed by atoms with Crippen LogP contribution in [0.3, 0.4) is 0 Å². The van der Waals surface area contributed by atoms with Gasteiger partial charge in [-0.2, -0.15) is 0 Å². The summed E-state index contributed by atoms with van der Waals surface area (Å²) in [6.07, 6.45) is 27.2. The molecule has 6 heteroatoms. The third-order valence-electron chi connectivity index (χ3n) is 7.10. The number of ether oxygens (including phenoxy) is 1. The van der Waals surface area contributed by atoms with E-state index in [9.17, 15) is 4.79 Å². The van der Waals surface area contributed by atoms with Crippen molar-refractivity contribution in [3.63, 3.8) is 0 Å². The summed E-state index contributed by atoms with van der Waals surface area (Å²) in [6.45, 7) is 13.5. The second-order valence-electron chi connectivity index (χ2n) is 7.97. The van der Waals surface area contributed by atoms with E-state index in [2.05, 4.69) is 92.9 Å². The predicted molar refractivity (Wildman–Crippen MR) is 108 cm³/mol. The molecule has 1 aliphatic heterocycles. The molecule has 0 saturated heterocycles. The Labute approximate surface area is 198 Å². The van der Waals surface area contributed by atoms with Crippen LogP contribution in [-0.2, 0) is 40.6 Å². The van der Waals surface area contributed by atoms with Crippen LogP contribution in [0.15, 0.2) is 84.2 Å². The summed E-state index contributed by atoms with van der Waals surface area (Å²) < 4.78 is 28.6. The summed E-state index contributed by atoms with van der Waals surface area (Å²) in [4.78, 5) is 13.2. The zero-order valence-corrected chi connectivity index (χ0v) is 18.1. The van der Waals surface area contributed by atoms with Gasteiger partial charge in [-0.25, -0.2) is 0 Å². The van der Waals surface area contributed by atoms with Crippen molar-refractivity contribution in [2.45, 2.75) is 6.42 Å². The molecule has 6 aliphatic rings. The molecule has 1 spiro atoms. The van der Waals surface area contributed by atoms with E-state index in [-0.39, 0.29) is 40.8 Å². The fourth-order valence-electron chi connectivity index (χ4n) is 6.02. The first-order chi connectivity index (χ1) is 15.3. The van der Waals surface area contributed by atoms with Gasteiger partial charge < -0.3 is 4.74 Å². The molecule has 0 radical (unpaired) electrons. The number of carbonyl (C=O) groups excluding carboxylic acids is 1. The Morgan fingerprint density at radius 2 is 1.38 bits per heavy atom. The van der Waals surface area contributed by atoms with E-state index in [1.165, 1.54) is 5.57 Å². The number of hydrogen-bond acceptors (Lipinski definition) is 2. The molecular weight excluding hydrogens is 448 g/mol. The van der Waals surface area contributed by atoms with Crippen molar-refractivity contribution in [3.8, 4) is 0 Å². The molecular formula is C26H20FeO5. The van der Waals surface area contributed by atoms with Crippen LogP contribution in [0.25, 0.3) is 0 Å². The molecule has 1 saturated carbocycles. The molecule has 162 valence electrons. The van der Waals surface area contributed by atoms with Gasteiger partial charge in [0.1, 0.15) is 5.76 Å². The zero-order valence-electron chi connectivity index (χ0n) is 17.0. The molecule has 7 atom stereocenters. The quantitative estimate of drug-likeness (QED) is 0.231. The molecule has 1 unspecified atom stereocenters. The van der Waals surface area contributed by atoms with Gasteiger partial charge in [-0.15, -0.1) is 0 Å². The van der Waals surface area contributed by atoms with E-state index in [1.54, 1.807) is 0 Å². The van der Waals surface area contributed by atoms with Crippen molar-refractivity contribution in [1.82, 2.24) is 0 Å².